The normalized spacial score (nSPS) is 14.5. The van der Waals surface area contributed by atoms with E-state index in [1.54, 1.807) is 59.1 Å². The second-order valence-corrected chi connectivity index (χ2v) is 14.5. The van der Waals surface area contributed by atoms with Gasteiger partial charge in [-0.1, -0.05) is 51.0 Å². The van der Waals surface area contributed by atoms with Crippen LogP contribution in [0, 0.1) is 17.7 Å². The van der Waals surface area contributed by atoms with Crippen LogP contribution in [0.15, 0.2) is 73.1 Å². The third-order valence-corrected chi connectivity index (χ3v) is 9.12. The molecule has 52 heavy (non-hydrogen) atoms. The number of hydrogen-bond acceptors (Lipinski definition) is 5. The number of anilines is 1. The Balaban J connectivity index is 1.56. The Bertz CT molecular complexity index is 1940. The van der Waals surface area contributed by atoms with Gasteiger partial charge in [0.2, 0.25) is 5.91 Å². The number of halogens is 4. The Morgan fingerprint density at radius 3 is 2.33 bits per heavy atom. The van der Waals surface area contributed by atoms with Crippen molar-refractivity contribution in [3.63, 3.8) is 0 Å². The largest absolute Gasteiger partial charge is 0.465 e. The second-order valence-electron chi connectivity index (χ2n) is 14.5. The van der Waals surface area contributed by atoms with Crippen molar-refractivity contribution >= 4 is 23.6 Å². The summed E-state index contributed by atoms with van der Waals surface area (Å²) in [7, 11) is 0. The molecule has 2 heterocycles. The highest BCUT2D eigenvalue weighted by Gasteiger charge is 2.40. The third kappa shape index (κ3) is 8.60. The van der Waals surface area contributed by atoms with Gasteiger partial charge in [0.15, 0.2) is 5.69 Å². The molecular formula is C38H42F4N6O4. The summed E-state index contributed by atoms with van der Waals surface area (Å²) >= 11 is 0. The maximum absolute atomic E-state index is 15.5. The second kappa shape index (κ2) is 14.8. The van der Waals surface area contributed by atoms with Crippen LogP contribution in [0.1, 0.15) is 93.2 Å². The molecule has 4 aromatic rings. The van der Waals surface area contributed by atoms with Crippen LogP contribution >= 0.6 is 0 Å². The Kier molecular flexibility index (Phi) is 10.8. The summed E-state index contributed by atoms with van der Waals surface area (Å²) in [5.74, 6) is -2.11. The Hall–Kier alpha value is -5.27. The van der Waals surface area contributed by atoms with Gasteiger partial charge in [-0.05, 0) is 81.0 Å². The lowest BCUT2D eigenvalue weighted by Crippen LogP contribution is -2.48. The van der Waals surface area contributed by atoms with E-state index in [0.717, 1.165) is 30.0 Å². The number of benzene rings is 2. The zero-order valence-corrected chi connectivity index (χ0v) is 29.6. The summed E-state index contributed by atoms with van der Waals surface area (Å²) in [5.41, 5.74) is -2.58. The van der Waals surface area contributed by atoms with Crippen molar-refractivity contribution in [3.05, 3.63) is 107 Å². The molecule has 3 N–H and O–H groups in total. The molecule has 0 saturated heterocycles. The highest BCUT2D eigenvalue weighted by Crippen LogP contribution is 2.42. The summed E-state index contributed by atoms with van der Waals surface area (Å²) < 4.78 is 58.3. The molecule has 1 fully saturated rings. The van der Waals surface area contributed by atoms with Gasteiger partial charge in [-0.2, -0.15) is 18.3 Å². The number of nitrogens with one attached hydrogen (secondary N) is 2. The fraction of sp³-hybridized carbons (Fsp3) is 0.395. The summed E-state index contributed by atoms with van der Waals surface area (Å²) in [6, 6.07) is 14.1. The van der Waals surface area contributed by atoms with Crippen molar-refractivity contribution in [1.82, 2.24) is 25.0 Å². The van der Waals surface area contributed by atoms with Crippen molar-refractivity contribution in [2.75, 3.05) is 5.32 Å². The first-order valence-corrected chi connectivity index (χ1v) is 17.0. The van der Waals surface area contributed by atoms with Crippen LogP contribution in [0.5, 0.6) is 0 Å². The lowest BCUT2D eigenvalue weighted by molar-refractivity contribution is -0.141. The van der Waals surface area contributed by atoms with Gasteiger partial charge < -0.3 is 15.7 Å². The topological polar surface area (TPSA) is 129 Å². The number of alkyl halides is 3. The zero-order valence-electron chi connectivity index (χ0n) is 29.6. The molecule has 5 rings (SSSR count). The van der Waals surface area contributed by atoms with E-state index >= 15 is 4.39 Å². The SMILES string of the molecule is CC(C)C(=O)NC(CCC1CC1)(c1cccnc1)c1ccc(F)c(NC(=O)c2cc(C(F)(F)F)nn2-c2cccc(CN(C(=O)O)C(C)(C)C)c2)c1. The summed E-state index contributed by atoms with van der Waals surface area (Å²) in [6.45, 7) is 8.53. The van der Waals surface area contributed by atoms with E-state index < -0.39 is 46.5 Å². The van der Waals surface area contributed by atoms with Crippen LogP contribution in [0.25, 0.3) is 5.69 Å². The first-order valence-electron chi connectivity index (χ1n) is 17.0. The van der Waals surface area contributed by atoms with Crippen LogP contribution in [0.4, 0.5) is 28.0 Å². The van der Waals surface area contributed by atoms with Gasteiger partial charge in [-0.15, -0.1) is 0 Å². The smallest absolute Gasteiger partial charge is 0.435 e. The fourth-order valence-corrected chi connectivity index (χ4v) is 5.97. The van der Waals surface area contributed by atoms with Crippen molar-refractivity contribution < 1.29 is 37.1 Å². The van der Waals surface area contributed by atoms with E-state index in [0.29, 0.717) is 35.1 Å². The average molecular weight is 723 g/mol. The van der Waals surface area contributed by atoms with Crippen molar-refractivity contribution in [3.8, 4) is 5.69 Å². The van der Waals surface area contributed by atoms with Crippen molar-refractivity contribution in [1.29, 1.82) is 0 Å². The number of pyridine rings is 1. The molecule has 3 amide bonds. The molecule has 1 aliphatic rings. The summed E-state index contributed by atoms with van der Waals surface area (Å²) in [6.07, 6.45) is 0.416. The lowest BCUT2D eigenvalue weighted by atomic mass is 9.78. The molecule has 0 spiro atoms. The fourth-order valence-electron chi connectivity index (χ4n) is 5.97. The van der Waals surface area contributed by atoms with E-state index in [9.17, 15) is 32.7 Å². The van der Waals surface area contributed by atoms with Gasteiger partial charge in [0.25, 0.3) is 5.91 Å². The first-order chi connectivity index (χ1) is 24.4. The van der Waals surface area contributed by atoms with E-state index in [1.807, 2.05) is 6.07 Å². The van der Waals surface area contributed by atoms with Gasteiger partial charge in [0.05, 0.1) is 16.9 Å². The predicted molar refractivity (Wildman–Crippen MR) is 186 cm³/mol. The molecule has 0 bridgehead atoms. The maximum atomic E-state index is 15.5. The molecule has 2 aromatic carbocycles. The quantitative estimate of drug-likeness (QED) is 0.127. The van der Waals surface area contributed by atoms with Crippen LogP contribution in [0.3, 0.4) is 0 Å². The molecule has 1 saturated carbocycles. The number of aromatic nitrogens is 3. The molecule has 1 atom stereocenters. The van der Waals surface area contributed by atoms with E-state index in [2.05, 4.69) is 20.7 Å². The van der Waals surface area contributed by atoms with Crippen LogP contribution < -0.4 is 10.6 Å². The summed E-state index contributed by atoms with van der Waals surface area (Å²) in [4.78, 5) is 44.5. The minimum Gasteiger partial charge on any atom is -0.465 e. The summed E-state index contributed by atoms with van der Waals surface area (Å²) in [5, 5.41) is 19.1. The van der Waals surface area contributed by atoms with Gasteiger partial charge in [0.1, 0.15) is 11.5 Å². The molecule has 14 heteroatoms. The predicted octanol–water partition coefficient (Wildman–Crippen LogP) is 8.16. The molecule has 1 aliphatic carbocycles. The third-order valence-electron chi connectivity index (χ3n) is 9.12. The highest BCUT2D eigenvalue weighted by molar-refractivity contribution is 6.03. The minimum absolute atomic E-state index is 0.0543. The number of rotatable bonds is 12. The van der Waals surface area contributed by atoms with E-state index in [1.165, 1.54) is 35.2 Å². The maximum Gasteiger partial charge on any atom is 0.435 e. The number of nitrogens with zero attached hydrogens (tertiary/aromatic N) is 4. The molecular weight excluding hydrogens is 680 g/mol. The number of hydrogen-bond donors (Lipinski definition) is 3. The van der Waals surface area contributed by atoms with Gasteiger partial charge in [-0.25, -0.2) is 13.9 Å². The zero-order chi connectivity index (χ0) is 38.0. The molecule has 0 radical (unpaired) electrons. The first kappa shape index (κ1) is 38.0. The van der Waals surface area contributed by atoms with Crippen LogP contribution in [-0.4, -0.2) is 48.2 Å². The number of carbonyl (C=O) groups is 3. The molecule has 0 aliphatic heterocycles. The monoisotopic (exact) mass is 722 g/mol. The molecule has 1 unspecified atom stereocenters. The van der Waals surface area contributed by atoms with E-state index in [-0.39, 0.29) is 29.7 Å². The van der Waals surface area contributed by atoms with Gasteiger partial charge in [0, 0.05) is 42.0 Å². The van der Waals surface area contributed by atoms with Crippen molar-refractivity contribution in [2.24, 2.45) is 11.8 Å². The van der Waals surface area contributed by atoms with Crippen LogP contribution in [-0.2, 0) is 23.1 Å². The minimum atomic E-state index is -4.92. The number of amides is 3. The Labute approximate surface area is 299 Å². The molecule has 276 valence electrons. The lowest BCUT2D eigenvalue weighted by Gasteiger charge is -2.37. The van der Waals surface area contributed by atoms with Gasteiger partial charge >= 0.3 is 12.3 Å². The Morgan fingerprint density at radius 2 is 1.73 bits per heavy atom. The number of carboxylic acid groups (broad SMARTS) is 1. The van der Waals surface area contributed by atoms with Crippen LogP contribution in [0.2, 0.25) is 0 Å². The number of carbonyl (C=O) groups excluding carboxylic acids is 2. The Morgan fingerprint density at radius 1 is 1.00 bits per heavy atom. The van der Waals surface area contributed by atoms with E-state index in [4.69, 9.17) is 0 Å². The standard InChI is InChI=1S/C38H42F4N6O4/c1-23(2)33(49)45-37(16-15-24-11-12-24,27-9-7-17-43-21-27)26-13-14-29(39)30(19-26)44-34(50)31-20-32(38(40,41)42)46-48(31)28-10-6-8-25(18-28)22-47(35(51)52)36(3,4)5/h6-10,13-14,17-21,23-24H,11-12,15-16,22H2,1-5H3,(H,44,50)(H,45,49)(H,51,52). The average Bonchev–Trinajstić information content (AvgIpc) is 3.79. The molecule has 2 aromatic heterocycles. The molecule has 10 nitrogen and oxygen atoms in total. The van der Waals surface area contributed by atoms with Crippen molar-refractivity contribution in [2.45, 2.75) is 84.1 Å². The highest BCUT2D eigenvalue weighted by atomic mass is 19.4. The van der Waals surface area contributed by atoms with Gasteiger partial charge in [-0.3, -0.25) is 19.5 Å².